The number of hydrogen-bond acceptors (Lipinski definition) is 1. The first-order valence-electron chi connectivity index (χ1n) is 4.43. The molecule has 0 amide bonds. The van der Waals surface area contributed by atoms with Crippen LogP contribution < -0.4 is 0 Å². The highest BCUT2D eigenvalue weighted by Crippen LogP contribution is 2.05. The van der Waals surface area contributed by atoms with E-state index >= 15 is 0 Å². The summed E-state index contributed by atoms with van der Waals surface area (Å²) in [5.41, 5.74) is 0. The zero-order valence-corrected chi connectivity index (χ0v) is 8.15. The molecule has 0 rings (SSSR count). The Hall–Kier alpha value is -0.530. The predicted octanol–water partition coefficient (Wildman–Crippen LogP) is 2.49. The first-order valence-corrected chi connectivity index (χ1v) is 4.43. The molecule has 2 nitrogen and oxygen atoms in total. The van der Waals surface area contributed by atoms with E-state index in [0.29, 0.717) is 6.04 Å². The van der Waals surface area contributed by atoms with Crippen LogP contribution in [0.5, 0.6) is 0 Å². The molecular weight excluding hydrogens is 136 g/mol. The summed E-state index contributed by atoms with van der Waals surface area (Å²) in [5.74, 6) is 0.742. The van der Waals surface area contributed by atoms with Crippen LogP contribution in [0.25, 0.3) is 0 Å². The van der Waals surface area contributed by atoms with Crippen LogP contribution in [0.1, 0.15) is 40.0 Å². The Morgan fingerprint density at radius 2 is 2.00 bits per heavy atom. The summed E-state index contributed by atoms with van der Waals surface area (Å²) in [4.78, 5) is 2.06. The first-order chi connectivity index (χ1) is 5.13. The molecule has 0 saturated carbocycles. The maximum Gasteiger partial charge on any atom is 0.0954 e. The monoisotopic (exact) mass is 156 g/mol. The molecule has 2 heteroatoms. The largest absolute Gasteiger partial charge is 0.361 e. The van der Waals surface area contributed by atoms with Crippen LogP contribution in [0.4, 0.5) is 0 Å². The quantitative estimate of drug-likeness (QED) is 0.491. The molecule has 1 N–H and O–H groups in total. The number of rotatable bonds is 4. The summed E-state index contributed by atoms with van der Waals surface area (Å²) >= 11 is 0. The summed E-state index contributed by atoms with van der Waals surface area (Å²) in [6.45, 7) is 6.38. The zero-order valence-electron chi connectivity index (χ0n) is 8.15. The standard InChI is InChI=1S/C9H20N2/c1-5-7-8(3)11(4)9(10)6-2/h8,10H,5-7H2,1-4H3. The van der Waals surface area contributed by atoms with Crippen molar-refractivity contribution in [2.24, 2.45) is 0 Å². The fourth-order valence-corrected chi connectivity index (χ4v) is 1.13. The van der Waals surface area contributed by atoms with Gasteiger partial charge in [0.15, 0.2) is 0 Å². The van der Waals surface area contributed by atoms with Crippen LogP contribution >= 0.6 is 0 Å². The van der Waals surface area contributed by atoms with E-state index < -0.39 is 0 Å². The summed E-state index contributed by atoms with van der Waals surface area (Å²) in [6, 6.07) is 0.521. The number of nitrogens with one attached hydrogen (secondary N) is 1. The van der Waals surface area contributed by atoms with E-state index in [1.165, 1.54) is 12.8 Å². The van der Waals surface area contributed by atoms with Gasteiger partial charge in [-0.15, -0.1) is 0 Å². The maximum absolute atomic E-state index is 7.58. The van der Waals surface area contributed by atoms with Crippen LogP contribution in [-0.4, -0.2) is 23.8 Å². The number of nitrogens with zero attached hydrogens (tertiary/aromatic N) is 1. The van der Waals surface area contributed by atoms with Crippen LogP contribution in [0.15, 0.2) is 0 Å². The minimum absolute atomic E-state index is 0.521. The van der Waals surface area contributed by atoms with E-state index in [9.17, 15) is 0 Å². The zero-order chi connectivity index (χ0) is 8.85. The number of amidine groups is 1. The highest BCUT2D eigenvalue weighted by atomic mass is 15.2. The Morgan fingerprint density at radius 3 is 2.36 bits per heavy atom. The Balaban J connectivity index is 3.80. The molecular formula is C9H20N2. The molecule has 66 valence electrons. The van der Waals surface area contributed by atoms with Gasteiger partial charge in [0.1, 0.15) is 0 Å². The average Bonchev–Trinajstić information content (AvgIpc) is 2.02. The molecule has 0 aliphatic rings. The van der Waals surface area contributed by atoms with Crippen molar-refractivity contribution in [2.45, 2.75) is 46.1 Å². The molecule has 0 aliphatic carbocycles. The molecule has 0 saturated heterocycles. The fraction of sp³-hybridized carbons (Fsp3) is 0.889. The van der Waals surface area contributed by atoms with Crippen molar-refractivity contribution in [3.05, 3.63) is 0 Å². The second kappa shape index (κ2) is 5.16. The van der Waals surface area contributed by atoms with Crippen molar-refractivity contribution >= 4 is 5.84 Å². The van der Waals surface area contributed by atoms with Crippen molar-refractivity contribution in [2.75, 3.05) is 7.05 Å². The Kier molecular flexibility index (Phi) is 4.92. The Bertz CT molecular complexity index is 121. The molecule has 11 heavy (non-hydrogen) atoms. The summed E-state index contributed by atoms with van der Waals surface area (Å²) in [6.07, 6.45) is 3.21. The van der Waals surface area contributed by atoms with E-state index in [-0.39, 0.29) is 0 Å². The molecule has 1 unspecified atom stereocenters. The summed E-state index contributed by atoms with van der Waals surface area (Å²) in [5, 5.41) is 7.58. The van der Waals surface area contributed by atoms with Gasteiger partial charge in [0.25, 0.3) is 0 Å². The molecule has 0 fully saturated rings. The molecule has 0 aromatic carbocycles. The number of hydrogen-bond donors (Lipinski definition) is 1. The van der Waals surface area contributed by atoms with E-state index in [0.717, 1.165) is 12.3 Å². The normalized spacial score (nSPS) is 12.7. The van der Waals surface area contributed by atoms with E-state index in [1.807, 2.05) is 14.0 Å². The van der Waals surface area contributed by atoms with Gasteiger partial charge < -0.3 is 4.90 Å². The SMILES string of the molecule is CCCC(C)N(C)C(=N)CC. The van der Waals surface area contributed by atoms with Gasteiger partial charge in [-0.25, -0.2) is 0 Å². The van der Waals surface area contributed by atoms with E-state index in [4.69, 9.17) is 5.41 Å². The summed E-state index contributed by atoms with van der Waals surface area (Å²) in [7, 11) is 2.01. The lowest BCUT2D eigenvalue weighted by Crippen LogP contribution is -2.33. The predicted molar refractivity (Wildman–Crippen MR) is 50.2 cm³/mol. The average molecular weight is 156 g/mol. The van der Waals surface area contributed by atoms with Gasteiger partial charge >= 0.3 is 0 Å². The molecule has 0 aliphatic heterocycles. The van der Waals surface area contributed by atoms with Crippen molar-refractivity contribution in [1.29, 1.82) is 5.41 Å². The molecule has 0 aromatic heterocycles. The highest BCUT2D eigenvalue weighted by molar-refractivity contribution is 5.78. The van der Waals surface area contributed by atoms with Crippen LogP contribution in [0.3, 0.4) is 0 Å². The molecule has 0 spiro atoms. The van der Waals surface area contributed by atoms with Crippen LogP contribution in [-0.2, 0) is 0 Å². The topological polar surface area (TPSA) is 27.1 Å². The lowest BCUT2D eigenvalue weighted by Gasteiger charge is -2.26. The lowest BCUT2D eigenvalue weighted by atomic mass is 10.1. The third-order valence-electron chi connectivity index (χ3n) is 2.13. The second-order valence-electron chi connectivity index (χ2n) is 3.05. The first kappa shape index (κ1) is 10.5. The van der Waals surface area contributed by atoms with E-state index in [2.05, 4.69) is 18.7 Å². The van der Waals surface area contributed by atoms with Gasteiger partial charge in [-0.05, 0) is 13.3 Å². The minimum atomic E-state index is 0.521. The summed E-state index contributed by atoms with van der Waals surface area (Å²) < 4.78 is 0. The highest BCUT2D eigenvalue weighted by Gasteiger charge is 2.08. The van der Waals surface area contributed by atoms with Gasteiger partial charge in [0.05, 0.1) is 5.84 Å². The second-order valence-corrected chi connectivity index (χ2v) is 3.05. The van der Waals surface area contributed by atoms with Gasteiger partial charge in [0.2, 0.25) is 0 Å². The van der Waals surface area contributed by atoms with Gasteiger partial charge in [-0.1, -0.05) is 20.3 Å². The molecule has 0 radical (unpaired) electrons. The van der Waals surface area contributed by atoms with Crippen molar-refractivity contribution in [3.8, 4) is 0 Å². The van der Waals surface area contributed by atoms with Gasteiger partial charge in [0, 0.05) is 19.5 Å². The van der Waals surface area contributed by atoms with Gasteiger partial charge in [-0.3, -0.25) is 5.41 Å². The lowest BCUT2D eigenvalue weighted by molar-refractivity contribution is 0.359. The van der Waals surface area contributed by atoms with Gasteiger partial charge in [-0.2, -0.15) is 0 Å². The molecule has 0 heterocycles. The van der Waals surface area contributed by atoms with Crippen LogP contribution in [0.2, 0.25) is 0 Å². The molecule has 0 bridgehead atoms. The smallest absolute Gasteiger partial charge is 0.0954 e. The van der Waals surface area contributed by atoms with E-state index in [1.54, 1.807) is 0 Å². The molecule has 1 atom stereocenters. The molecule has 0 aromatic rings. The minimum Gasteiger partial charge on any atom is -0.361 e. The third kappa shape index (κ3) is 3.40. The van der Waals surface area contributed by atoms with Crippen molar-refractivity contribution in [3.63, 3.8) is 0 Å². The fourth-order valence-electron chi connectivity index (χ4n) is 1.13. The van der Waals surface area contributed by atoms with Crippen LogP contribution in [0, 0.1) is 5.41 Å². The third-order valence-corrected chi connectivity index (χ3v) is 2.13. The van der Waals surface area contributed by atoms with Crippen molar-refractivity contribution < 1.29 is 0 Å². The van der Waals surface area contributed by atoms with Crippen molar-refractivity contribution in [1.82, 2.24) is 4.90 Å². The Labute approximate surface area is 70.1 Å². The Morgan fingerprint density at radius 1 is 1.45 bits per heavy atom. The maximum atomic E-state index is 7.58.